The number of carbonyl (C=O) groups excluding carboxylic acids is 1. The van der Waals surface area contributed by atoms with Crippen LogP contribution in [0.1, 0.15) is 13.3 Å². The lowest BCUT2D eigenvalue weighted by atomic mass is 9.83. The van der Waals surface area contributed by atoms with Crippen molar-refractivity contribution in [2.24, 2.45) is 11.8 Å². The Morgan fingerprint density at radius 1 is 1.63 bits per heavy atom. The van der Waals surface area contributed by atoms with Crippen molar-refractivity contribution in [2.45, 2.75) is 30.9 Å². The maximum absolute atomic E-state index is 11.9. The zero-order valence-corrected chi connectivity index (χ0v) is 11.4. The van der Waals surface area contributed by atoms with Crippen molar-refractivity contribution in [3.8, 4) is 0 Å². The average Bonchev–Trinajstić information content (AvgIpc) is 2.66. The zero-order valence-electron chi connectivity index (χ0n) is 10.6. The Balaban J connectivity index is 2.34. The predicted octanol–water partition coefficient (Wildman–Crippen LogP) is -0.484. The van der Waals surface area contributed by atoms with Crippen LogP contribution in [0.2, 0.25) is 0 Å². The molecule has 19 heavy (non-hydrogen) atoms. The van der Waals surface area contributed by atoms with Gasteiger partial charge in [0.2, 0.25) is 5.91 Å². The number of β-lactam (4-membered cyclic amide) rings is 1. The summed E-state index contributed by atoms with van der Waals surface area (Å²) in [6.45, 7) is 1.53. The molecule has 7 nitrogen and oxygen atoms in total. The van der Waals surface area contributed by atoms with Crippen molar-refractivity contribution in [1.82, 2.24) is 4.90 Å². The number of aliphatic hydroxyl groups excluding tert-OH is 1. The van der Waals surface area contributed by atoms with Crippen LogP contribution in [-0.4, -0.2) is 50.8 Å². The molecule has 0 aliphatic carbocycles. The van der Waals surface area contributed by atoms with Gasteiger partial charge in [-0.1, -0.05) is 0 Å². The van der Waals surface area contributed by atoms with Crippen molar-refractivity contribution in [2.75, 3.05) is 6.26 Å². The number of thioether (sulfide) groups is 1. The molecule has 0 aromatic heterocycles. The normalized spacial score (nSPS) is 29.1. The van der Waals surface area contributed by atoms with Crippen LogP contribution < -0.4 is 5.90 Å². The third-order valence-corrected chi connectivity index (χ3v) is 4.41. The maximum atomic E-state index is 11.9. The summed E-state index contributed by atoms with van der Waals surface area (Å²) in [5, 5.41) is 18.8. The first-order valence-corrected chi connectivity index (χ1v) is 7.08. The maximum Gasteiger partial charge on any atom is 0.352 e. The molecule has 2 aliphatic heterocycles. The summed E-state index contributed by atoms with van der Waals surface area (Å²) in [6, 6.07) is -0.307. The van der Waals surface area contributed by atoms with E-state index in [9.17, 15) is 19.8 Å². The molecule has 4 atom stereocenters. The van der Waals surface area contributed by atoms with E-state index in [0.717, 1.165) is 0 Å². The first-order chi connectivity index (χ1) is 8.93. The molecule has 1 saturated heterocycles. The third-order valence-electron chi connectivity index (χ3n) is 3.59. The minimum atomic E-state index is -1.18. The SMILES string of the molecule is CSC(ON)C1=C(C(=O)O)N2C(=O)C(C(C)O)C2C1. The van der Waals surface area contributed by atoms with Crippen LogP contribution >= 0.6 is 11.8 Å². The standard InChI is InChI=1S/C11H16N2O5S/c1-4(14)7-6-3-5(11(18-12)19-2)8(10(16)17)13(6)9(7)15/h4,6-7,11,14H,3,12H2,1-2H3,(H,16,17). The molecular weight excluding hydrogens is 272 g/mol. The molecule has 1 fully saturated rings. The molecule has 0 saturated carbocycles. The smallest absolute Gasteiger partial charge is 0.352 e. The summed E-state index contributed by atoms with van der Waals surface area (Å²) in [5.41, 5.74) is -0.167. The number of carboxylic acids is 1. The summed E-state index contributed by atoms with van der Waals surface area (Å²) in [5.74, 6) is 3.08. The van der Waals surface area contributed by atoms with E-state index in [1.165, 1.54) is 23.6 Å². The van der Waals surface area contributed by atoms with Gasteiger partial charge in [-0.15, -0.1) is 11.8 Å². The highest BCUT2D eigenvalue weighted by molar-refractivity contribution is 7.99. The number of hydrogen-bond donors (Lipinski definition) is 3. The summed E-state index contributed by atoms with van der Waals surface area (Å²) in [7, 11) is 0. The van der Waals surface area contributed by atoms with Gasteiger partial charge in [0.15, 0.2) is 0 Å². The molecular formula is C11H16N2O5S. The number of nitrogens with zero attached hydrogens (tertiary/aromatic N) is 1. The first-order valence-electron chi connectivity index (χ1n) is 5.79. The highest BCUT2D eigenvalue weighted by Gasteiger charge is 2.57. The van der Waals surface area contributed by atoms with Gasteiger partial charge in [-0.25, -0.2) is 10.7 Å². The lowest BCUT2D eigenvalue weighted by molar-refractivity contribution is -0.161. The highest BCUT2D eigenvalue weighted by Crippen LogP contribution is 2.45. The molecule has 0 bridgehead atoms. The van der Waals surface area contributed by atoms with E-state index in [0.29, 0.717) is 12.0 Å². The van der Waals surface area contributed by atoms with Gasteiger partial charge in [0.25, 0.3) is 0 Å². The Kier molecular flexibility index (Phi) is 3.86. The van der Waals surface area contributed by atoms with E-state index in [4.69, 9.17) is 10.7 Å². The van der Waals surface area contributed by atoms with Crippen LogP contribution in [0.25, 0.3) is 0 Å². The van der Waals surface area contributed by atoms with Gasteiger partial charge in [0.05, 0.1) is 18.1 Å². The third kappa shape index (κ3) is 2.04. The number of hydrogen-bond acceptors (Lipinski definition) is 6. The van der Waals surface area contributed by atoms with Crippen LogP contribution in [0.5, 0.6) is 0 Å². The molecule has 1 amide bonds. The summed E-state index contributed by atoms with van der Waals surface area (Å²) >= 11 is 1.26. The molecule has 8 heteroatoms. The number of nitrogens with two attached hydrogens (primary N) is 1. The fourth-order valence-electron chi connectivity index (χ4n) is 2.79. The van der Waals surface area contributed by atoms with E-state index in [1.807, 2.05) is 0 Å². The van der Waals surface area contributed by atoms with Crippen molar-refractivity contribution < 1.29 is 24.6 Å². The Hall–Kier alpha value is -1.09. The van der Waals surface area contributed by atoms with Crippen molar-refractivity contribution in [3.05, 3.63) is 11.3 Å². The number of carbonyl (C=O) groups is 2. The number of carboxylic acid groups (broad SMARTS) is 1. The van der Waals surface area contributed by atoms with Crippen LogP contribution in [0, 0.1) is 5.92 Å². The van der Waals surface area contributed by atoms with Crippen molar-refractivity contribution in [1.29, 1.82) is 0 Å². The topological polar surface area (TPSA) is 113 Å². The minimum Gasteiger partial charge on any atom is -0.477 e. The summed E-state index contributed by atoms with van der Waals surface area (Å²) < 4.78 is 0. The molecule has 4 unspecified atom stereocenters. The molecule has 0 aromatic carbocycles. The highest BCUT2D eigenvalue weighted by atomic mass is 32.2. The molecule has 106 valence electrons. The van der Waals surface area contributed by atoms with E-state index in [-0.39, 0.29) is 17.6 Å². The second-order valence-corrected chi connectivity index (χ2v) is 5.53. The number of fused-ring (bicyclic) bond motifs is 1. The van der Waals surface area contributed by atoms with Crippen LogP contribution in [-0.2, 0) is 14.4 Å². The van der Waals surface area contributed by atoms with Crippen LogP contribution in [0.15, 0.2) is 11.3 Å². The van der Waals surface area contributed by atoms with Crippen LogP contribution in [0.3, 0.4) is 0 Å². The van der Waals surface area contributed by atoms with Gasteiger partial charge in [-0.3, -0.25) is 9.63 Å². The molecule has 0 radical (unpaired) electrons. The monoisotopic (exact) mass is 288 g/mol. The predicted molar refractivity (Wildman–Crippen MR) is 67.7 cm³/mol. The number of aliphatic carboxylic acids is 1. The van der Waals surface area contributed by atoms with Crippen LogP contribution in [0.4, 0.5) is 0 Å². The van der Waals surface area contributed by atoms with E-state index in [2.05, 4.69) is 0 Å². The Morgan fingerprint density at radius 2 is 2.26 bits per heavy atom. The Labute approximate surface area is 114 Å². The molecule has 0 aromatic rings. The number of amides is 1. The van der Waals surface area contributed by atoms with E-state index < -0.39 is 23.4 Å². The van der Waals surface area contributed by atoms with E-state index in [1.54, 1.807) is 6.26 Å². The van der Waals surface area contributed by atoms with Gasteiger partial charge in [-0.2, -0.15) is 0 Å². The average molecular weight is 288 g/mol. The minimum absolute atomic E-state index is 0.0586. The second kappa shape index (κ2) is 5.12. The Bertz CT molecular complexity index is 446. The second-order valence-electron chi connectivity index (χ2n) is 4.63. The number of rotatable bonds is 5. The van der Waals surface area contributed by atoms with Gasteiger partial charge >= 0.3 is 5.97 Å². The quantitative estimate of drug-likeness (QED) is 0.355. The van der Waals surface area contributed by atoms with Gasteiger partial charge in [-0.05, 0) is 19.6 Å². The zero-order chi connectivity index (χ0) is 14.3. The fraction of sp³-hybridized carbons (Fsp3) is 0.636. The van der Waals surface area contributed by atoms with Gasteiger partial charge < -0.3 is 15.1 Å². The van der Waals surface area contributed by atoms with Gasteiger partial charge in [0.1, 0.15) is 11.1 Å². The summed E-state index contributed by atoms with van der Waals surface area (Å²) in [4.78, 5) is 29.3. The van der Waals surface area contributed by atoms with Gasteiger partial charge in [0, 0.05) is 5.57 Å². The van der Waals surface area contributed by atoms with E-state index >= 15 is 0 Å². The molecule has 2 heterocycles. The molecule has 2 aliphatic rings. The fourth-order valence-corrected chi connectivity index (χ4v) is 3.40. The lowest BCUT2D eigenvalue weighted by Gasteiger charge is -2.44. The largest absolute Gasteiger partial charge is 0.477 e. The summed E-state index contributed by atoms with van der Waals surface area (Å²) in [6.07, 6.45) is 1.31. The number of aliphatic hydroxyl groups is 1. The Morgan fingerprint density at radius 3 is 2.68 bits per heavy atom. The molecule has 0 spiro atoms. The van der Waals surface area contributed by atoms with Crippen molar-refractivity contribution in [3.63, 3.8) is 0 Å². The van der Waals surface area contributed by atoms with Crippen molar-refractivity contribution >= 4 is 23.6 Å². The first kappa shape index (κ1) is 14.3. The molecule has 2 rings (SSSR count). The lowest BCUT2D eigenvalue weighted by Crippen LogP contribution is -2.61. The molecule has 4 N–H and O–H groups in total.